The minimum absolute atomic E-state index is 0.0889. The van der Waals surface area contributed by atoms with Crippen LogP contribution in [0.1, 0.15) is 53.4 Å². The van der Waals surface area contributed by atoms with E-state index in [1.54, 1.807) is 0 Å². The number of nitrogens with one attached hydrogen (secondary N) is 2. The second-order valence-electron chi connectivity index (χ2n) is 6.59. The number of amides is 2. The second kappa shape index (κ2) is 7.73. The molecule has 4 heteroatoms. The Balaban J connectivity index is 2.24. The van der Waals surface area contributed by atoms with E-state index in [0.29, 0.717) is 12.5 Å². The third kappa shape index (κ3) is 5.81. The van der Waals surface area contributed by atoms with Gasteiger partial charge < -0.3 is 16.4 Å². The van der Waals surface area contributed by atoms with E-state index >= 15 is 0 Å². The van der Waals surface area contributed by atoms with Crippen LogP contribution in [0.4, 0.5) is 4.79 Å². The molecule has 19 heavy (non-hydrogen) atoms. The fraction of sp³-hybridized carbons (Fsp3) is 0.933. The van der Waals surface area contributed by atoms with Crippen molar-refractivity contribution in [1.82, 2.24) is 10.6 Å². The molecule has 1 rings (SSSR count). The molecule has 1 aliphatic rings. The minimum atomic E-state index is -0.110. The van der Waals surface area contributed by atoms with Gasteiger partial charge in [0.15, 0.2) is 0 Å². The van der Waals surface area contributed by atoms with Crippen molar-refractivity contribution in [2.75, 3.05) is 6.54 Å². The Morgan fingerprint density at radius 2 is 1.63 bits per heavy atom. The molecule has 0 aromatic heterocycles. The summed E-state index contributed by atoms with van der Waals surface area (Å²) < 4.78 is 0. The SMILES string of the molecule is CC(C)NC(=O)NCC(N)C1CCC(C(C)C)CC1. The van der Waals surface area contributed by atoms with E-state index in [1.807, 2.05) is 13.8 Å². The molecule has 0 radical (unpaired) electrons. The first-order valence-electron chi connectivity index (χ1n) is 7.70. The van der Waals surface area contributed by atoms with Gasteiger partial charge in [0.05, 0.1) is 0 Å². The van der Waals surface area contributed by atoms with Crippen molar-refractivity contribution in [3.8, 4) is 0 Å². The van der Waals surface area contributed by atoms with Gasteiger partial charge in [-0.25, -0.2) is 4.79 Å². The molecule has 112 valence electrons. The summed E-state index contributed by atoms with van der Waals surface area (Å²) in [6.07, 6.45) is 4.98. The third-order valence-electron chi connectivity index (χ3n) is 4.28. The van der Waals surface area contributed by atoms with Crippen LogP contribution >= 0.6 is 0 Å². The first-order valence-corrected chi connectivity index (χ1v) is 7.70. The van der Waals surface area contributed by atoms with Crippen molar-refractivity contribution in [3.63, 3.8) is 0 Å². The van der Waals surface area contributed by atoms with Gasteiger partial charge in [-0.1, -0.05) is 13.8 Å². The third-order valence-corrected chi connectivity index (χ3v) is 4.28. The molecule has 1 fully saturated rings. The molecule has 1 unspecified atom stereocenters. The standard InChI is InChI=1S/C15H31N3O/c1-10(2)12-5-7-13(8-6-12)14(16)9-17-15(19)18-11(3)4/h10-14H,5-9,16H2,1-4H3,(H2,17,18,19). The smallest absolute Gasteiger partial charge is 0.315 e. The molecule has 0 heterocycles. The van der Waals surface area contributed by atoms with Gasteiger partial charge in [-0.2, -0.15) is 0 Å². The van der Waals surface area contributed by atoms with Gasteiger partial charge in [0, 0.05) is 18.6 Å². The Morgan fingerprint density at radius 3 is 2.11 bits per heavy atom. The Kier molecular flexibility index (Phi) is 6.63. The quantitative estimate of drug-likeness (QED) is 0.718. The van der Waals surface area contributed by atoms with Crippen LogP contribution in [0.5, 0.6) is 0 Å². The van der Waals surface area contributed by atoms with Crippen molar-refractivity contribution in [3.05, 3.63) is 0 Å². The largest absolute Gasteiger partial charge is 0.337 e. The summed E-state index contributed by atoms with van der Waals surface area (Å²) >= 11 is 0. The Bertz CT molecular complexity index is 271. The maximum absolute atomic E-state index is 11.5. The molecule has 0 bridgehead atoms. The zero-order valence-electron chi connectivity index (χ0n) is 12.9. The lowest BCUT2D eigenvalue weighted by atomic mass is 9.75. The predicted octanol–water partition coefficient (Wildman–Crippen LogP) is 2.48. The lowest BCUT2D eigenvalue weighted by Crippen LogP contribution is -2.47. The number of carbonyl (C=O) groups excluding carboxylic acids is 1. The fourth-order valence-corrected chi connectivity index (χ4v) is 2.93. The molecule has 0 spiro atoms. The topological polar surface area (TPSA) is 67.2 Å². The maximum Gasteiger partial charge on any atom is 0.315 e. The molecular weight excluding hydrogens is 238 g/mol. The second-order valence-corrected chi connectivity index (χ2v) is 6.59. The van der Waals surface area contributed by atoms with E-state index in [2.05, 4.69) is 24.5 Å². The van der Waals surface area contributed by atoms with E-state index in [1.165, 1.54) is 25.7 Å². The Labute approximate surface area is 117 Å². The van der Waals surface area contributed by atoms with Crippen LogP contribution in [0, 0.1) is 17.8 Å². The average molecular weight is 269 g/mol. The van der Waals surface area contributed by atoms with Crippen molar-refractivity contribution in [2.24, 2.45) is 23.5 Å². The van der Waals surface area contributed by atoms with E-state index in [-0.39, 0.29) is 18.1 Å². The first-order chi connectivity index (χ1) is 8.90. The lowest BCUT2D eigenvalue weighted by molar-refractivity contribution is 0.199. The molecule has 4 N–H and O–H groups in total. The molecule has 1 saturated carbocycles. The zero-order valence-corrected chi connectivity index (χ0v) is 12.9. The molecule has 0 aromatic carbocycles. The molecule has 4 nitrogen and oxygen atoms in total. The van der Waals surface area contributed by atoms with Crippen molar-refractivity contribution < 1.29 is 4.79 Å². The van der Waals surface area contributed by atoms with E-state index in [0.717, 1.165) is 11.8 Å². The van der Waals surface area contributed by atoms with Gasteiger partial charge in [-0.05, 0) is 57.3 Å². The highest BCUT2D eigenvalue weighted by Gasteiger charge is 2.27. The maximum atomic E-state index is 11.5. The summed E-state index contributed by atoms with van der Waals surface area (Å²) in [6, 6.07) is 0.144. The van der Waals surface area contributed by atoms with Gasteiger partial charge in [-0.15, -0.1) is 0 Å². The number of urea groups is 1. The van der Waals surface area contributed by atoms with Gasteiger partial charge >= 0.3 is 6.03 Å². The number of nitrogens with two attached hydrogens (primary N) is 1. The molecule has 0 aliphatic heterocycles. The van der Waals surface area contributed by atoms with Crippen LogP contribution in [0.3, 0.4) is 0 Å². The van der Waals surface area contributed by atoms with Gasteiger partial charge in [-0.3, -0.25) is 0 Å². The number of rotatable bonds is 5. The van der Waals surface area contributed by atoms with Crippen molar-refractivity contribution in [1.29, 1.82) is 0 Å². The van der Waals surface area contributed by atoms with E-state index in [4.69, 9.17) is 5.73 Å². The summed E-state index contributed by atoms with van der Waals surface area (Å²) in [6.45, 7) is 9.10. The van der Waals surface area contributed by atoms with E-state index < -0.39 is 0 Å². The minimum Gasteiger partial charge on any atom is -0.337 e. The molecule has 1 atom stereocenters. The summed E-state index contributed by atoms with van der Waals surface area (Å²) in [5.74, 6) is 2.21. The predicted molar refractivity (Wildman–Crippen MR) is 79.9 cm³/mol. The first kappa shape index (κ1) is 16.3. The number of hydrogen-bond acceptors (Lipinski definition) is 2. The van der Waals surface area contributed by atoms with Crippen molar-refractivity contribution >= 4 is 6.03 Å². The highest BCUT2D eigenvalue weighted by molar-refractivity contribution is 5.74. The molecule has 0 aromatic rings. The lowest BCUT2D eigenvalue weighted by Gasteiger charge is -2.34. The van der Waals surface area contributed by atoms with Crippen LogP contribution < -0.4 is 16.4 Å². The molecule has 1 aliphatic carbocycles. The molecule has 0 saturated heterocycles. The monoisotopic (exact) mass is 269 g/mol. The summed E-state index contributed by atoms with van der Waals surface area (Å²) in [5, 5.41) is 5.69. The normalized spacial score (nSPS) is 25.4. The number of hydrogen-bond donors (Lipinski definition) is 3. The van der Waals surface area contributed by atoms with Crippen LogP contribution in [0.25, 0.3) is 0 Å². The Hall–Kier alpha value is -0.770. The number of carbonyl (C=O) groups is 1. The fourth-order valence-electron chi connectivity index (χ4n) is 2.93. The summed E-state index contributed by atoms with van der Waals surface area (Å²) in [4.78, 5) is 11.5. The van der Waals surface area contributed by atoms with Gasteiger partial charge in [0.1, 0.15) is 0 Å². The molecular formula is C15H31N3O. The van der Waals surface area contributed by atoms with Gasteiger partial charge in [0.2, 0.25) is 0 Å². The van der Waals surface area contributed by atoms with Crippen LogP contribution in [-0.4, -0.2) is 24.7 Å². The Morgan fingerprint density at radius 1 is 1.11 bits per heavy atom. The van der Waals surface area contributed by atoms with Crippen LogP contribution in [0.15, 0.2) is 0 Å². The highest BCUT2D eigenvalue weighted by atomic mass is 16.2. The van der Waals surface area contributed by atoms with Gasteiger partial charge in [0.25, 0.3) is 0 Å². The summed E-state index contributed by atoms with van der Waals surface area (Å²) in [7, 11) is 0. The zero-order chi connectivity index (χ0) is 14.4. The van der Waals surface area contributed by atoms with Crippen LogP contribution in [-0.2, 0) is 0 Å². The van der Waals surface area contributed by atoms with E-state index in [9.17, 15) is 4.79 Å². The van der Waals surface area contributed by atoms with Crippen LogP contribution in [0.2, 0.25) is 0 Å². The summed E-state index contributed by atoms with van der Waals surface area (Å²) in [5.41, 5.74) is 6.21. The molecule has 2 amide bonds. The van der Waals surface area contributed by atoms with Crippen molar-refractivity contribution in [2.45, 2.75) is 65.5 Å². The average Bonchev–Trinajstić information content (AvgIpc) is 2.35. The highest BCUT2D eigenvalue weighted by Crippen LogP contribution is 2.34.